The van der Waals surface area contributed by atoms with Crippen LogP contribution in [0.25, 0.3) is 12.2 Å². The Bertz CT molecular complexity index is 920. The number of carbonyl (C=O) groups is 2. The number of imide groups is 1. The Balaban J connectivity index is 2.14. The van der Waals surface area contributed by atoms with Crippen LogP contribution in [0.3, 0.4) is 0 Å². The summed E-state index contributed by atoms with van der Waals surface area (Å²) >= 11 is 0. The first-order chi connectivity index (χ1) is 14.4. The molecule has 0 aliphatic rings. The average Bonchev–Trinajstić information content (AvgIpc) is 2.75. The number of methoxy groups -OCH3 is 1. The van der Waals surface area contributed by atoms with E-state index in [-0.39, 0.29) is 23.8 Å². The van der Waals surface area contributed by atoms with Gasteiger partial charge in [0, 0.05) is 18.7 Å². The third kappa shape index (κ3) is 6.79. The summed E-state index contributed by atoms with van der Waals surface area (Å²) < 4.78 is 5.05. The topological polar surface area (TPSA) is 113 Å². The second-order valence-electron chi connectivity index (χ2n) is 6.51. The van der Waals surface area contributed by atoms with E-state index in [0.717, 1.165) is 10.5 Å². The maximum atomic E-state index is 12.7. The highest BCUT2D eigenvalue weighted by molar-refractivity contribution is 6.07. The number of nitrogens with zero attached hydrogens (tertiary/aromatic N) is 1. The number of phenols is 2. The standard InChI is InChI=1S/C23H26N2O5/c1-30-21-16-18(6-11-20(21)27)8-13-23(29)25(15-3-2-14-24)22(28)12-7-17-4-9-19(26)10-5-17/h4-13,16,26-27H,2-3,14-15,24H2,1H3/b12-7+,13-8+. The van der Waals surface area contributed by atoms with Crippen LogP contribution in [-0.2, 0) is 9.59 Å². The van der Waals surface area contributed by atoms with Crippen LogP contribution in [0, 0.1) is 0 Å². The quantitative estimate of drug-likeness (QED) is 0.433. The third-order valence-corrected chi connectivity index (χ3v) is 4.30. The number of amides is 2. The molecule has 2 aromatic carbocycles. The minimum Gasteiger partial charge on any atom is -0.508 e. The molecule has 0 atom stereocenters. The summed E-state index contributed by atoms with van der Waals surface area (Å²) in [4.78, 5) is 26.4. The van der Waals surface area contributed by atoms with E-state index in [1.807, 2.05) is 0 Å². The summed E-state index contributed by atoms with van der Waals surface area (Å²) in [6.07, 6.45) is 7.06. The Morgan fingerprint density at radius 2 is 1.57 bits per heavy atom. The number of hydrogen-bond donors (Lipinski definition) is 3. The van der Waals surface area contributed by atoms with Gasteiger partial charge in [-0.2, -0.15) is 0 Å². The smallest absolute Gasteiger partial charge is 0.253 e. The van der Waals surface area contributed by atoms with E-state index in [4.69, 9.17) is 10.5 Å². The summed E-state index contributed by atoms with van der Waals surface area (Å²) in [7, 11) is 1.44. The second-order valence-corrected chi connectivity index (χ2v) is 6.51. The summed E-state index contributed by atoms with van der Waals surface area (Å²) in [6.45, 7) is 0.723. The van der Waals surface area contributed by atoms with Gasteiger partial charge in [-0.05, 0) is 66.9 Å². The van der Waals surface area contributed by atoms with Crippen molar-refractivity contribution >= 4 is 24.0 Å². The molecule has 0 aromatic heterocycles. The zero-order chi connectivity index (χ0) is 21.9. The fourth-order valence-corrected chi connectivity index (χ4v) is 2.64. The highest BCUT2D eigenvalue weighted by Crippen LogP contribution is 2.26. The van der Waals surface area contributed by atoms with Gasteiger partial charge in [-0.25, -0.2) is 0 Å². The van der Waals surface area contributed by atoms with Crippen LogP contribution >= 0.6 is 0 Å². The van der Waals surface area contributed by atoms with Gasteiger partial charge in [0.25, 0.3) is 11.8 Å². The van der Waals surface area contributed by atoms with Crippen LogP contribution in [0.15, 0.2) is 54.6 Å². The molecule has 0 saturated heterocycles. The summed E-state index contributed by atoms with van der Waals surface area (Å²) in [5, 5.41) is 19.0. The van der Waals surface area contributed by atoms with Crippen molar-refractivity contribution in [2.75, 3.05) is 20.2 Å². The van der Waals surface area contributed by atoms with Gasteiger partial charge in [-0.1, -0.05) is 18.2 Å². The molecular formula is C23H26N2O5. The molecule has 0 heterocycles. The van der Waals surface area contributed by atoms with Crippen LogP contribution in [0.5, 0.6) is 17.2 Å². The molecule has 0 fully saturated rings. The highest BCUT2D eigenvalue weighted by atomic mass is 16.5. The number of hydrogen-bond acceptors (Lipinski definition) is 6. The van der Waals surface area contributed by atoms with E-state index in [9.17, 15) is 19.8 Å². The number of carbonyl (C=O) groups excluding carboxylic acids is 2. The molecule has 0 radical (unpaired) electrons. The molecule has 158 valence electrons. The van der Waals surface area contributed by atoms with E-state index in [2.05, 4.69) is 0 Å². The normalized spacial score (nSPS) is 11.1. The van der Waals surface area contributed by atoms with E-state index >= 15 is 0 Å². The average molecular weight is 410 g/mol. The van der Waals surface area contributed by atoms with Gasteiger partial charge in [0.1, 0.15) is 5.75 Å². The molecule has 4 N–H and O–H groups in total. The third-order valence-electron chi connectivity index (χ3n) is 4.30. The van der Waals surface area contributed by atoms with Crippen molar-refractivity contribution in [1.82, 2.24) is 4.90 Å². The van der Waals surface area contributed by atoms with Crippen LogP contribution in [0.4, 0.5) is 0 Å². The predicted octanol–water partition coefficient (Wildman–Crippen LogP) is 2.93. The van der Waals surface area contributed by atoms with Crippen LogP contribution in [-0.4, -0.2) is 47.1 Å². The Hall–Kier alpha value is -3.58. The van der Waals surface area contributed by atoms with Crippen LogP contribution < -0.4 is 10.5 Å². The highest BCUT2D eigenvalue weighted by Gasteiger charge is 2.16. The predicted molar refractivity (Wildman–Crippen MR) is 116 cm³/mol. The van der Waals surface area contributed by atoms with Crippen molar-refractivity contribution in [3.8, 4) is 17.2 Å². The largest absolute Gasteiger partial charge is 0.508 e. The van der Waals surface area contributed by atoms with E-state index < -0.39 is 11.8 Å². The second kappa shape index (κ2) is 11.4. The van der Waals surface area contributed by atoms with Gasteiger partial charge in [-0.3, -0.25) is 14.5 Å². The number of ether oxygens (including phenoxy) is 1. The zero-order valence-electron chi connectivity index (χ0n) is 16.8. The molecule has 2 rings (SSSR count). The molecule has 0 spiro atoms. The van der Waals surface area contributed by atoms with Gasteiger partial charge < -0.3 is 20.7 Å². The molecule has 7 nitrogen and oxygen atoms in total. The van der Waals surface area contributed by atoms with Gasteiger partial charge in [-0.15, -0.1) is 0 Å². The molecule has 7 heteroatoms. The first kappa shape index (κ1) is 22.7. The fraction of sp³-hybridized carbons (Fsp3) is 0.217. The lowest BCUT2D eigenvalue weighted by atomic mass is 10.1. The molecule has 0 saturated carbocycles. The first-order valence-corrected chi connectivity index (χ1v) is 9.52. The molecule has 0 aliphatic carbocycles. The van der Waals surface area contributed by atoms with E-state index in [0.29, 0.717) is 24.9 Å². The maximum Gasteiger partial charge on any atom is 0.253 e. The van der Waals surface area contributed by atoms with Crippen molar-refractivity contribution in [3.63, 3.8) is 0 Å². The fourth-order valence-electron chi connectivity index (χ4n) is 2.64. The molecule has 0 bridgehead atoms. The molecule has 2 aromatic rings. The first-order valence-electron chi connectivity index (χ1n) is 9.52. The lowest BCUT2D eigenvalue weighted by molar-refractivity contribution is -0.138. The van der Waals surface area contributed by atoms with Crippen molar-refractivity contribution in [2.45, 2.75) is 12.8 Å². The summed E-state index contributed by atoms with van der Waals surface area (Å²) in [6, 6.07) is 11.0. The van der Waals surface area contributed by atoms with E-state index in [1.165, 1.54) is 37.5 Å². The maximum absolute atomic E-state index is 12.7. The van der Waals surface area contributed by atoms with Crippen molar-refractivity contribution in [3.05, 3.63) is 65.7 Å². The Kier molecular flexibility index (Phi) is 8.65. The number of aromatic hydroxyl groups is 2. The molecule has 0 aliphatic heterocycles. The Morgan fingerprint density at radius 1 is 0.967 bits per heavy atom. The molecule has 0 unspecified atom stereocenters. The Labute approximate surface area is 175 Å². The lowest BCUT2D eigenvalue weighted by Gasteiger charge is -2.17. The monoisotopic (exact) mass is 410 g/mol. The summed E-state index contributed by atoms with van der Waals surface area (Å²) in [5.41, 5.74) is 6.89. The number of rotatable bonds is 9. The summed E-state index contributed by atoms with van der Waals surface area (Å²) in [5.74, 6) is -0.484. The van der Waals surface area contributed by atoms with E-state index in [1.54, 1.807) is 36.4 Å². The van der Waals surface area contributed by atoms with Gasteiger partial charge >= 0.3 is 0 Å². The van der Waals surface area contributed by atoms with Crippen LogP contribution in [0.1, 0.15) is 24.0 Å². The SMILES string of the molecule is COc1cc(/C=C/C(=O)N(CCCCN)C(=O)/C=C/c2ccc(O)cc2)ccc1O. The zero-order valence-corrected chi connectivity index (χ0v) is 16.8. The number of unbranched alkanes of at least 4 members (excludes halogenated alkanes) is 1. The number of nitrogens with two attached hydrogens (primary N) is 1. The van der Waals surface area contributed by atoms with Gasteiger partial charge in [0.2, 0.25) is 0 Å². The molecular weight excluding hydrogens is 384 g/mol. The van der Waals surface area contributed by atoms with Crippen molar-refractivity contribution < 1.29 is 24.5 Å². The minimum atomic E-state index is -0.459. The Morgan fingerprint density at radius 3 is 2.17 bits per heavy atom. The van der Waals surface area contributed by atoms with Crippen LogP contribution in [0.2, 0.25) is 0 Å². The molecule has 30 heavy (non-hydrogen) atoms. The van der Waals surface area contributed by atoms with Gasteiger partial charge in [0.05, 0.1) is 7.11 Å². The van der Waals surface area contributed by atoms with Crippen molar-refractivity contribution in [1.29, 1.82) is 0 Å². The number of phenolic OH excluding ortho intramolecular Hbond substituents is 2. The minimum absolute atomic E-state index is 0.000988. The number of benzene rings is 2. The van der Waals surface area contributed by atoms with Gasteiger partial charge in [0.15, 0.2) is 11.5 Å². The van der Waals surface area contributed by atoms with Crippen molar-refractivity contribution in [2.24, 2.45) is 5.73 Å². The molecule has 2 amide bonds. The lowest BCUT2D eigenvalue weighted by Crippen LogP contribution is -2.35.